The molecule has 3 aromatic heterocycles. The zero-order chi connectivity index (χ0) is 19.0. The number of ether oxygens (including phenoxy) is 1. The molecule has 0 atom stereocenters. The summed E-state index contributed by atoms with van der Waals surface area (Å²) in [6.07, 6.45) is 3.05. The fourth-order valence-corrected chi connectivity index (χ4v) is 3.63. The third kappa shape index (κ3) is 3.26. The smallest absolute Gasteiger partial charge is 0.264 e. The standard InChI is InChI=1S/C17H16N6O3S/c1-22-15-11(8-19-22)16(25)23(9-18-15)6-5-14(24)21-17-20-12-4-3-10(26-2)7-13(12)27-17/h3-4,7-9H,5-6H2,1-2H3,(H,20,21,24). The van der Waals surface area contributed by atoms with E-state index in [-0.39, 0.29) is 24.4 Å². The van der Waals surface area contributed by atoms with Crippen molar-refractivity contribution >= 4 is 43.6 Å². The van der Waals surface area contributed by atoms with Crippen molar-refractivity contribution in [2.45, 2.75) is 13.0 Å². The molecule has 0 saturated carbocycles. The van der Waals surface area contributed by atoms with Gasteiger partial charge in [-0.25, -0.2) is 9.97 Å². The van der Waals surface area contributed by atoms with E-state index in [0.29, 0.717) is 16.2 Å². The molecule has 0 saturated heterocycles. The Balaban J connectivity index is 1.45. The van der Waals surface area contributed by atoms with Gasteiger partial charge in [0.1, 0.15) is 11.1 Å². The van der Waals surface area contributed by atoms with E-state index in [1.165, 1.54) is 33.1 Å². The van der Waals surface area contributed by atoms with E-state index < -0.39 is 0 Å². The molecule has 27 heavy (non-hydrogen) atoms. The van der Waals surface area contributed by atoms with Gasteiger partial charge in [-0.15, -0.1) is 0 Å². The van der Waals surface area contributed by atoms with Gasteiger partial charge in [-0.3, -0.25) is 18.8 Å². The molecular weight excluding hydrogens is 368 g/mol. The molecule has 0 bridgehead atoms. The zero-order valence-corrected chi connectivity index (χ0v) is 15.5. The lowest BCUT2D eigenvalue weighted by atomic mass is 10.3. The quantitative estimate of drug-likeness (QED) is 0.562. The number of benzene rings is 1. The highest BCUT2D eigenvalue weighted by Crippen LogP contribution is 2.29. The Bertz CT molecular complexity index is 1210. The van der Waals surface area contributed by atoms with E-state index in [9.17, 15) is 9.59 Å². The second-order valence-corrected chi connectivity index (χ2v) is 6.93. The Hall–Kier alpha value is -3.27. The first-order valence-electron chi connectivity index (χ1n) is 8.17. The highest BCUT2D eigenvalue weighted by Gasteiger charge is 2.11. The lowest BCUT2D eigenvalue weighted by molar-refractivity contribution is -0.116. The van der Waals surface area contributed by atoms with Crippen molar-refractivity contribution < 1.29 is 9.53 Å². The number of carbonyl (C=O) groups is 1. The molecule has 0 spiro atoms. The number of aromatic nitrogens is 5. The monoisotopic (exact) mass is 384 g/mol. The average Bonchev–Trinajstić information content (AvgIpc) is 3.23. The van der Waals surface area contributed by atoms with Gasteiger partial charge in [0.15, 0.2) is 10.8 Å². The first kappa shape index (κ1) is 17.2. The third-order valence-corrected chi connectivity index (χ3v) is 5.07. The SMILES string of the molecule is COc1ccc2nc(NC(=O)CCn3cnc4c(cnn4C)c3=O)sc2c1. The minimum atomic E-state index is -0.223. The Kier molecular flexibility index (Phi) is 4.32. The van der Waals surface area contributed by atoms with Gasteiger partial charge >= 0.3 is 0 Å². The van der Waals surface area contributed by atoms with Gasteiger partial charge in [-0.1, -0.05) is 11.3 Å². The maximum Gasteiger partial charge on any atom is 0.264 e. The fraction of sp³-hybridized carbons (Fsp3) is 0.235. The maximum atomic E-state index is 12.4. The van der Waals surface area contributed by atoms with Crippen LogP contribution in [0.2, 0.25) is 0 Å². The topological polar surface area (TPSA) is 104 Å². The average molecular weight is 384 g/mol. The van der Waals surface area contributed by atoms with Crippen molar-refractivity contribution in [2.75, 3.05) is 12.4 Å². The number of hydrogen-bond acceptors (Lipinski definition) is 7. The van der Waals surface area contributed by atoms with E-state index in [2.05, 4.69) is 20.4 Å². The third-order valence-electron chi connectivity index (χ3n) is 4.14. The molecule has 4 aromatic rings. The molecule has 1 aromatic carbocycles. The van der Waals surface area contributed by atoms with Crippen LogP contribution in [0.3, 0.4) is 0 Å². The molecule has 0 unspecified atom stereocenters. The number of nitrogens with one attached hydrogen (secondary N) is 1. The summed E-state index contributed by atoms with van der Waals surface area (Å²) in [5, 5.41) is 7.74. The van der Waals surface area contributed by atoms with Crippen LogP contribution in [-0.4, -0.2) is 37.3 Å². The van der Waals surface area contributed by atoms with Crippen molar-refractivity contribution in [3.8, 4) is 5.75 Å². The molecule has 10 heteroatoms. The second-order valence-electron chi connectivity index (χ2n) is 5.90. The predicted molar refractivity (Wildman–Crippen MR) is 102 cm³/mol. The van der Waals surface area contributed by atoms with Crippen molar-refractivity contribution in [3.05, 3.63) is 41.1 Å². The second kappa shape index (κ2) is 6.80. The Morgan fingerprint density at radius 1 is 1.37 bits per heavy atom. The summed E-state index contributed by atoms with van der Waals surface area (Å²) < 4.78 is 9.06. The summed E-state index contributed by atoms with van der Waals surface area (Å²) in [7, 11) is 3.32. The first-order chi connectivity index (χ1) is 13.0. The molecule has 0 radical (unpaired) electrons. The van der Waals surface area contributed by atoms with Crippen molar-refractivity contribution in [3.63, 3.8) is 0 Å². The molecule has 3 heterocycles. The fourth-order valence-electron chi connectivity index (χ4n) is 2.71. The Labute approximate surface area is 157 Å². The predicted octanol–water partition coefficient (Wildman–Crippen LogP) is 1.78. The van der Waals surface area contributed by atoms with Gasteiger partial charge < -0.3 is 10.1 Å². The van der Waals surface area contributed by atoms with Gasteiger partial charge in [0.2, 0.25) is 5.91 Å². The molecule has 9 nitrogen and oxygen atoms in total. The number of aryl methyl sites for hydroxylation is 2. The van der Waals surface area contributed by atoms with Crippen LogP contribution in [-0.2, 0) is 18.4 Å². The molecule has 138 valence electrons. The number of nitrogens with zero attached hydrogens (tertiary/aromatic N) is 5. The van der Waals surface area contributed by atoms with Crippen LogP contribution in [0.25, 0.3) is 21.3 Å². The van der Waals surface area contributed by atoms with Crippen LogP contribution in [0.15, 0.2) is 35.5 Å². The summed E-state index contributed by atoms with van der Waals surface area (Å²) in [5.74, 6) is 0.515. The lowest BCUT2D eigenvalue weighted by Crippen LogP contribution is -2.23. The normalized spacial score (nSPS) is 11.2. The number of amides is 1. The summed E-state index contributed by atoms with van der Waals surface area (Å²) in [5.41, 5.74) is 1.09. The number of methoxy groups -OCH3 is 1. The van der Waals surface area contributed by atoms with Crippen molar-refractivity contribution in [2.24, 2.45) is 7.05 Å². The van der Waals surface area contributed by atoms with Gasteiger partial charge in [0, 0.05) is 20.0 Å². The Morgan fingerprint density at radius 2 is 2.22 bits per heavy atom. The number of hydrogen-bond donors (Lipinski definition) is 1. The lowest BCUT2D eigenvalue weighted by Gasteiger charge is -2.05. The summed E-state index contributed by atoms with van der Waals surface area (Å²) in [6, 6.07) is 5.54. The van der Waals surface area contributed by atoms with Gasteiger partial charge in [-0.2, -0.15) is 5.10 Å². The highest BCUT2D eigenvalue weighted by molar-refractivity contribution is 7.22. The minimum absolute atomic E-state index is 0.132. The van der Waals surface area contributed by atoms with Crippen LogP contribution in [0.5, 0.6) is 5.75 Å². The van der Waals surface area contributed by atoms with Crippen LogP contribution in [0.4, 0.5) is 5.13 Å². The summed E-state index contributed by atoms with van der Waals surface area (Å²) >= 11 is 1.37. The summed E-state index contributed by atoms with van der Waals surface area (Å²) in [6.45, 7) is 0.223. The van der Waals surface area contributed by atoms with Crippen LogP contribution < -0.4 is 15.6 Å². The minimum Gasteiger partial charge on any atom is -0.497 e. The number of anilines is 1. The molecule has 0 aliphatic carbocycles. The van der Waals surface area contributed by atoms with Crippen molar-refractivity contribution in [1.82, 2.24) is 24.3 Å². The molecule has 0 aliphatic rings. The summed E-state index contributed by atoms with van der Waals surface area (Å²) in [4.78, 5) is 33.3. The first-order valence-corrected chi connectivity index (χ1v) is 8.98. The van der Waals surface area contributed by atoms with Gasteiger partial charge in [0.05, 0.1) is 29.9 Å². The molecular formula is C17H16N6O3S. The molecule has 1 amide bonds. The maximum absolute atomic E-state index is 12.4. The number of thiazole rings is 1. The largest absolute Gasteiger partial charge is 0.497 e. The van der Waals surface area contributed by atoms with E-state index in [0.717, 1.165) is 16.0 Å². The van der Waals surface area contributed by atoms with E-state index in [1.54, 1.807) is 14.2 Å². The van der Waals surface area contributed by atoms with Gasteiger partial charge in [0.25, 0.3) is 5.56 Å². The van der Waals surface area contributed by atoms with E-state index >= 15 is 0 Å². The number of carbonyl (C=O) groups excluding carboxylic acids is 1. The molecule has 0 aliphatic heterocycles. The molecule has 1 N–H and O–H groups in total. The Morgan fingerprint density at radius 3 is 3.04 bits per heavy atom. The zero-order valence-electron chi connectivity index (χ0n) is 14.7. The molecule has 4 rings (SSSR count). The highest BCUT2D eigenvalue weighted by atomic mass is 32.1. The van der Waals surface area contributed by atoms with Crippen LogP contribution in [0, 0.1) is 0 Å². The number of fused-ring (bicyclic) bond motifs is 2. The van der Waals surface area contributed by atoms with E-state index in [4.69, 9.17) is 4.74 Å². The van der Waals surface area contributed by atoms with Crippen LogP contribution >= 0.6 is 11.3 Å². The van der Waals surface area contributed by atoms with E-state index in [1.807, 2.05) is 18.2 Å². The molecule has 0 fully saturated rings. The van der Waals surface area contributed by atoms with Crippen molar-refractivity contribution in [1.29, 1.82) is 0 Å². The van der Waals surface area contributed by atoms with Crippen LogP contribution in [0.1, 0.15) is 6.42 Å². The van der Waals surface area contributed by atoms with Gasteiger partial charge in [-0.05, 0) is 18.2 Å². The number of rotatable bonds is 5.